The van der Waals surface area contributed by atoms with Crippen molar-refractivity contribution in [1.82, 2.24) is 34.3 Å². The number of fused-ring (bicyclic) bond motifs is 2. The fraction of sp³-hybridized carbons (Fsp3) is 0.467. The normalized spacial score (nSPS) is 17.1. The van der Waals surface area contributed by atoms with Crippen LogP contribution in [-0.4, -0.2) is 67.5 Å². The summed E-state index contributed by atoms with van der Waals surface area (Å²) < 4.78 is 31.9. The maximum atomic E-state index is 15.0. The highest BCUT2D eigenvalue weighted by Gasteiger charge is 2.24. The fourth-order valence-corrected chi connectivity index (χ4v) is 6.11. The number of rotatable bonds is 6. The lowest BCUT2D eigenvalue weighted by Gasteiger charge is -2.35. The van der Waals surface area contributed by atoms with Gasteiger partial charge < -0.3 is 14.8 Å². The van der Waals surface area contributed by atoms with E-state index in [9.17, 15) is 4.39 Å². The zero-order valence-electron chi connectivity index (χ0n) is 23.6. The number of nitrogens with one attached hydrogen (secondary N) is 1. The molecule has 6 rings (SSSR count). The van der Waals surface area contributed by atoms with Gasteiger partial charge in [-0.15, -0.1) is 0 Å². The van der Waals surface area contributed by atoms with Gasteiger partial charge in [0.25, 0.3) is 0 Å². The third-order valence-corrected chi connectivity index (χ3v) is 8.18. The predicted octanol–water partition coefficient (Wildman–Crippen LogP) is 5.50. The Morgan fingerprint density at radius 3 is 2.60 bits per heavy atom. The third-order valence-electron chi connectivity index (χ3n) is 8.18. The minimum absolute atomic E-state index is 0.0231. The van der Waals surface area contributed by atoms with E-state index in [1.807, 2.05) is 31.4 Å². The number of benzene rings is 1. The van der Waals surface area contributed by atoms with Crippen LogP contribution in [0.2, 0.25) is 0 Å². The minimum Gasteiger partial charge on any atom is -0.326 e. The smallest absolute Gasteiger partial charge is 0.229 e. The number of pyridine rings is 1. The van der Waals surface area contributed by atoms with Gasteiger partial charge in [-0.1, -0.05) is 6.07 Å². The Labute approximate surface area is 233 Å². The summed E-state index contributed by atoms with van der Waals surface area (Å²) in [6.45, 7) is 11.3. The highest BCUT2D eigenvalue weighted by atomic mass is 19.1. The Morgan fingerprint density at radius 2 is 1.82 bits per heavy atom. The highest BCUT2D eigenvalue weighted by molar-refractivity contribution is 5.83. The molecule has 2 aliphatic rings. The van der Waals surface area contributed by atoms with Crippen molar-refractivity contribution < 1.29 is 8.78 Å². The number of hydrogen-bond donors (Lipinski definition) is 1. The average molecular weight is 547 g/mol. The Bertz CT molecular complexity index is 1540. The van der Waals surface area contributed by atoms with Crippen LogP contribution in [0.5, 0.6) is 0 Å². The van der Waals surface area contributed by atoms with Gasteiger partial charge >= 0.3 is 0 Å². The van der Waals surface area contributed by atoms with Gasteiger partial charge in [0, 0.05) is 43.4 Å². The number of aromatic nitrogens is 5. The zero-order chi connectivity index (χ0) is 28.0. The second kappa shape index (κ2) is 10.8. The number of aryl methyl sites for hydroxylation is 1. The van der Waals surface area contributed by atoms with Crippen molar-refractivity contribution in [3.05, 3.63) is 59.2 Å². The van der Waals surface area contributed by atoms with Gasteiger partial charge in [0.1, 0.15) is 22.9 Å². The molecule has 0 aliphatic carbocycles. The van der Waals surface area contributed by atoms with Gasteiger partial charge in [-0.3, -0.25) is 4.90 Å². The molecule has 0 radical (unpaired) electrons. The van der Waals surface area contributed by atoms with Crippen LogP contribution < -0.4 is 5.32 Å². The minimum atomic E-state index is -0.625. The fourth-order valence-electron chi connectivity index (χ4n) is 6.11. The molecule has 8 nitrogen and oxygen atoms in total. The van der Waals surface area contributed by atoms with Crippen LogP contribution in [0.25, 0.3) is 22.3 Å². The first kappa shape index (κ1) is 26.7. The molecule has 3 aromatic heterocycles. The lowest BCUT2D eigenvalue weighted by Crippen LogP contribution is -2.39. The first-order chi connectivity index (χ1) is 19.2. The van der Waals surface area contributed by atoms with Crippen molar-refractivity contribution in [2.75, 3.05) is 38.5 Å². The zero-order valence-corrected chi connectivity index (χ0v) is 23.6. The van der Waals surface area contributed by atoms with Gasteiger partial charge in [-0.25, -0.2) is 28.7 Å². The van der Waals surface area contributed by atoms with Crippen LogP contribution in [0.15, 0.2) is 30.5 Å². The number of likely N-dealkylation sites (tertiary alicyclic amines) is 1. The Hall–Kier alpha value is -3.50. The van der Waals surface area contributed by atoms with Crippen molar-refractivity contribution >= 4 is 22.8 Å². The van der Waals surface area contributed by atoms with Gasteiger partial charge in [-0.2, -0.15) is 0 Å². The summed E-state index contributed by atoms with van der Waals surface area (Å²) >= 11 is 0. The molecule has 0 bridgehead atoms. The average Bonchev–Trinajstić information content (AvgIpc) is 3.27. The number of hydrogen-bond acceptors (Lipinski definition) is 7. The molecule has 0 spiro atoms. The maximum Gasteiger partial charge on any atom is 0.229 e. The molecule has 1 N–H and O–H groups in total. The van der Waals surface area contributed by atoms with Gasteiger partial charge in [0.05, 0.1) is 11.7 Å². The Balaban J connectivity index is 1.20. The molecule has 40 heavy (non-hydrogen) atoms. The van der Waals surface area contributed by atoms with Crippen molar-refractivity contribution in [3.8, 4) is 11.3 Å². The van der Waals surface area contributed by atoms with Crippen molar-refractivity contribution in [1.29, 1.82) is 0 Å². The quantitative estimate of drug-likeness (QED) is 0.342. The number of nitrogens with zero attached hydrogens (tertiary/aromatic N) is 7. The molecule has 0 saturated carbocycles. The molecule has 1 fully saturated rings. The summed E-state index contributed by atoms with van der Waals surface area (Å²) in [6, 6.07) is 7.11. The van der Waals surface area contributed by atoms with Crippen LogP contribution in [-0.2, 0) is 13.0 Å². The maximum absolute atomic E-state index is 15.0. The number of halogens is 2. The summed E-state index contributed by atoms with van der Waals surface area (Å²) in [6.07, 6.45) is 4.52. The molecule has 2 aliphatic heterocycles. The van der Waals surface area contributed by atoms with Gasteiger partial charge in [0.2, 0.25) is 5.95 Å². The van der Waals surface area contributed by atoms with Crippen LogP contribution in [0, 0.1) is 24.5 Å². The van der Waals surface area contributed by atoms with Gasteiger partial charge in [-0.05, 0) is 83.4 Å². The summed E-state index contributed by atoms with van der Waals surface area (Å²) in [4.78, 5) is 22.7. The molecule has 1 saturated heterocycles. The van der Waals surface area contributed by atoms with Crippen molar-refractivity contribution in [2.24, 2.45) is 5.92 Å². The Morgan fingerprint density at radius 1 is 1.02 bits per heavy atom. The van der Waals surface area contributed by atoms with E-state index in [-0.39, 0.29) is 23.2 Å². The molecule has 4 aromatic rings. The molecule has 0 atom stereocenters. The van der Waals surface area contributed by atoms with Crippen LogP contribution >= 0.6 is 0 Å². The summed E-state index contributed by atoms with van der Waals surface area (Å²) in [5.41, 5.74) is 3.54. The molecular formula is C30H36F2N8. The molecule has 5 heterocycles. The van der Waals surface area contributed by atoms with E-state index >= 15 is 4.39 Å². The predicted molar refractivity (Wildman–Crippen MR) is 153 cm³/mol. The third kappa shape index (κ3) is 5.30. The second-order valence-electron chi connectivity index (χ2n) is 11.5. The number of piperidine rings is 1. The van der Waals surface area contributed by atoms with Gasteiger partial charge in [0.15, 0.2) is 11.6 Å². The first-order valence-corrected chi connectivity index (χ1v) is 14.1. The monoisotopic (exact) mass is 546 g/mol. The van der Waals surface area contributed by atoms with Crippen LogP contribution in [0.4, 0.5) is 20.5 Å². The summed E-state index contributed by atoms with van der Waals surface area (Å²) in [5, 5.41) is 3.13. The number of anilines is 2. The van der Waals surface area contributed by atoms with E-state index in [0.29, 0.717) is 22.7 Å². The molecule has 0 amide bonds. The molecular weight excluding hydrogens is 510 g/mol. The summed E-state index contributed by atoms with van der Waals surface area (Å²) in [7, 11) is 2.20. The lowest BCUT2D eigenvalue weighted by molar-refractivity contribution is 0.151. The molecule has 210 valence electrons. The van der Waals surface area contributed by atoms with Crippen molar-refractivity contribution in [3.63, 3.8) is 0 Å². The van der Waals surface area contributed by atoms with E-state index in [0.717, 1.165) is 43.9 Å². The van der Waals surface area contributed by atoms with E-state index in [1.165, 1.54) is 37.6 Å². The lowest BCUT2D eigenvalue weighted by atomic mass is 9.95. The molecule has 10 heteroatoms. The standard InChI is InChI=1S/C30H36F2N8/c1-18(2)40-19(3)34-29-23(31)13-22(14-26(29)40)28-24(32)15-33-30(37-28)36-27-6-5-21-17-39(12-9-25(21)35-27)16-20-7-10-38(4)11-8-20/h5-6,13-15,18,20H,7-12,16-17H2,1-4H3,(H,33,35,36,37). The Kier molecular flexibility index (Phi) is 7.22. The highest BCUT2D eigenvalue weighted by Crippen LogP contribution is 2.31. The van der Waals surface area contributed by atoms with E-state index < -0.39 is 11.6 Å². The number of imidazole rings is 1. The largest absolute Gasteiger partial charge is 0.326 e. The van der Waals surface area contributed by atoms with Crippen molar-refractivity contribution in [2.45, 2.75) is 52.6 Å². The van der Waals surface area contributed by atoms with Crippen LogP contribution in [0.1, 0.15) is 49.8 Å². The van der Waals surface area contributed by atoms with E-state index in [1.54, 1.807) is 6.07 Å². The van der Waals surface area contributed by atoms with Crippen LogP contribution in [0.3, 0.4) is 0 Å². The van der Waals surface area contributed by atoms with E-state index in [4.69, 9.17) is 4.98 Å². The molecule has 1 aromatic carbocycles. The second-order valence-corrected chi connectivity index (χ2v) is 11.5. The first-order valence-electron chi connectivity index (χ1n) is 14.1. The molecule has 0 unspecified atom stereocenters. The summed E-state index contributed by atoms with van der Waals surface area (Å²) in [5.74, 6) is 1.15. The SMILES string of the molecule is Cc1nc2c(F)cc(-c3nc(Nc4ccc5c(n4)CCN(CC4CCN(C)CC4)C5)ncc3F)cc2n1C(C)C. The topological polar surface area (TPSA) is 75.0 Å². The van der Waals surface area contributed by atoms with E-state index in [2.05, 4.69) is 43.2 Å².